The average Bonchev–Trinajstić information content (AvgIpc) is 2.94. The first-order valence-corrected chi connectivity index (χ1v) is 8.49. The van der Waals surface area contributed by atoms with E-state index in [0.717, 1.165) is 18.4 Å². The Morgan fingerprint density at radius 2 is 2.09 bits per heavy atom. The van der Waals surface area contributed by atoms with Gasteiger partial charge in [0.05, 0.1) is 11.8 Å². The molecule has 0 radical (unpaired) electrons. The van der Waals surface area contributed by atoms with Gasteiger partial charge in [-0.05, 0) is 41.6 Å². The van der Waals surface area contributed by atoms with E-state index in [-0.39, 0.29) is 22.5 Å². The Kier molecular flexibility index (Phi) is 3.86. The Hall–Kier alpha value is -1.64. The Balaban J connectivity index is 1.92. The number of furan rings is 1. The Morgan fingerprint density at radius 3 is 2.74 bits per heavy atom. The van der Waals surface area contributed by atoms with E-state index in [1.54, 1.807) is 6.07 Å². The van der Waals surface area contributed by atoms with Crippen LogP contribution in [0.2, 0.25) is 0 Å². The second kappa shape index (κ2) is 5.47. The van der Waals surface area contributed by atoms with Crippen molar-refractivity contribution < 1.29 is 14.0 Å². The summed E-state index contributed by atoms with van der Waals surface area (Å²) in [6.45, 7) is 10.9. The number of carbonyl (C=O) groups excluding carboxylic acids is 2. The van der Waals surface area contributed by atoms with E-state index in [0.29, 0.717) is 36.5 Å². The summed E-state index contributed by atoms with van der Waals surface area (Å²) >= 11 is 0. The second-order valence-corrected chi connectivity index (χ2v) is 8.33. The predicted molar refractivity (Wildman–Crippen MR) is 89.1 cm³/mol. The maximum Gasteiger partial charge on any atom is 0.166 e. The van der Waals surface area contributed by atoms with Crippen LogP contribution in [0.5, 0.6) is 0 Å². The summed E-state index contributed by atoms with van der Waals surface area (Å²) in [7, 11) is 0. The highest BCUT2D eigenvalue weighted by Crippen LogP contribution is 2.60. The highest BCUT2D eigenvalue weighted by atomic mass is 16.3. The molecule has 0 amide bonds. The molecule has 1 aromatic heterocycles. The molecule has 0 aromatic carbocycles. The summed E-state index contributed by atoms with van der Waals surface area (Å²) in [6.07, 6.45) is 6.72. The van der Waals surface area contributed by atoms with Crippen LogP contribution in [0.1, 0.15) is 63.2 Å². The molecule has 2 aliphatic carbocycles. The predicted octanol–water partition coefficient (Wildman–Crippen LogP) is 4.83. The number of hydrogen-bond donors (Lipinski definition) is 0. The molecule has 0 spiro atoms. The molecule has 3 rings (SSSR count). The topological polar surface area (TPSA) is 47.3 Å². The lowest BCUT2D eigenvalue weighted by molar-refractivity contribution is -0.138. The highest BCUT2D eigenvalue weighted by Gasteiger charge is 2.55. The second-order valence-electron chi connectivity index (χ2n) is 8.33. The Morgan fingerprint density at radius 1 is 1.35 bits per heavy atom. The largest absolute Gasteiger partial charge is 0.472 e. The van der Waals surface area contributed by atoms with Crippen LogP contribution in [-0.4, -0.2) is 11.6 Å². The van der Waals surface area contributed by atoms with Crippen LogP contribution < -0.4 is 0 Å². The summed E-state index contributed by atoms with van der Waals surface area (Å²) in [4.78, 5) is 25.0. The van der Waals surface area contributed by atoms with Crippen LogP contribution >= 0.6 is 0 Å². The highest BCUT2D eigenvalue weighted by molar-refractivity contribution is 5.96. The van der Waals surface area contributed by atoms with Crippen molar-refractivity contribution in [1.82, 2.24) is 0 Å². The summed E-state index contributed by atoms with van der Waals surface area (Å²) in [5.41, 5.74) is 1.59. The number of fused-ring (bicyclic) bond motifs is 1. The van der Waals surface area contributed by atoms with Crippen molar-refractivity contribution in [2.75, 3.05) is 0 Å². The molecule has 2 aliphatic rings. The van der Waals surface area contributed by atoms with Gasteiger partial charge >= 0.3 is 0 Å². The van der Waals surface area contributed by atoms with Gasteiger partial charge in [0.15, 0.2) is 5.78 Å². The lowest BCUT2D eigenvalue weighted by atomic mass is 9.47. The van der Waals surface area contributed by atoms with Gasteiger partial charge in [-0.3, -0.25) is 9.59 Å². The van der Waals surface area contributed by atoms with E-state index < -0.39 is 0 Å². The van der Waals surface area contributed by atoms with Crippen LogP contribution in [0.4, 0.5) is 0 Å². The molecule has 0 unspecified atom stereocenters. The van der Waals surface area contributed by atoms with E-state index in [4.69, 9.17) is 4.42 Å². The van der Waals surface area contributed by atoms with Gasteiger partial charge in [-0.1, -0.05) is 32.9 Å². The number of Topliss-reactive ketones (excluding diaryl/α,β-unsaturated/α-hetero) is 2. The molecule has 1 aromatic rings. The van der Waals surface area contributed by atoms with E-state index in [2.05, 4.69) is 27.4 Å². The molecule has 2 saturated carbocycles. The SMILES string of the molecule is C=C1CC[C@@H]2C(C)(C)CC(=O)C[C@@]2(C)[C@@H]1CC(=O)c1ccoc1. The number of rotatable bonds is 3. The van der Waals surface area contributed by atoms with Gasteiger partial charge < -0.3 is 4.42 Å². The van der Waals surface area contributed by atoms with Gasteiger partial charge in [-0.15, -0.1) is 0 Å². The van der Waals surface area contributed by atoms with E-state index in [1.807, 2.05) is 0 Å². The van der Waals surface area contributed by atoms with Crippen LogP contribution in [0.3, 0.4) is 0 Å². The fraction of sp³-hybridized carbons (Fsp3) is 0.600. The zero-order chi connectivity index (χ0) is 16.8. The smallest absolute Gasteiger partial charge is 0.166 e. The lowest BCUT2D eigenvalue weighted by Crippen LogP contribution is -2.52. The molecule has 0 N–H and O–H groups in total. The Labute approximate surface area is 138 Å². The lowest BCUT2D eigenvalue weighted by Gasteiger charge is -2.57. The van der Waals surface area contributed by atoms with Gasteiger partial charge in [0.2, 0.25) is 0 Å². The number of hydrogen-bond acceptors (Lipinski definition) is 3. The number of ketones is 2. The van der Waals surface area contributed by atoms with Crippen molar-refractivity contribution in [2.24, 2.45) is 22.7 Å². The van der Waals surface area contributed by atoms with Crippen molar-refractivity contribution in [1.29, 1.82) is 0 Å². The van der Waals surface area contributed by atoms with Gasteiger partial charge in [0.25, 0.3) is 0 Å². The molecule has 0 bridgehead atoms. The molecule has 3 atom stereocenters. The molecule has 1 heterocycles. The zero-order valence-electron chi connectivity index (χ0n) is 14.4. The fourth-order valence-corrected chi connectivity index (χ4v) is 5.30. The summed E-state index contributed by atoms with van der Waals surface area (Å²) in [5.74, 6) is 0.944. The summed E-state index contributed by atoms with van der Waals surface area (Å²) < 4.78 is 5.04. The minimum absolute atomic E-state index is 0.00171. The van der Waals surface area contributed by atoms with Crippen LogP contribution in [0, 0.1) is 22.7 Å². The van der Waals surface area contributed by atoms with Gasteiger partial charge in [0.1, 0.15) is 12.0 Å². The summed E-state index contributed by atoms with van der Waals surface area (Å²) in [5, 5.41) is 0. The van der Waals surface area contributed by atoms with Gasteiger partial charge in [0, 0.05) is 19.3 Å². The number of allylic oxidation sites excluding steroid dienone is 1. The third-order valence-corrected chi connectivity index (χ3v) is 6.25. The van der Waals surface area contributed by atoms with E-state index in [1.165, 1.54) is 12.5 Å². The first kappa shape index (κ1) is 16.2. The minimum atomic E-state index is -0.159. The molecule has 23 heavy (non-hydrogen) atoms. The van der Waals surface area contributed by atoms with Crippen LogP contribution in [0.25, 0.3) is 0 Å². The van der Waals surface area contributed by atoms with Crippen LogP contribution in [-0.2, 0) is 4.79 Å². The normalized spacial score (nSPS) is 33.3. The molecular weight excluding hydrogens is 288 g/mol. The van der Waals surface area contributed by atoms with Gasteiger partial charge in [-0.2, -0.15) is 0 Å². The molecule has 124 valence electrons. The van der Waals surface area contributed by atoms with Crippen molar-refractivity contribution in [2.45, 2.75) is 52.9 Å². The third kappa shape index (κ3) is 2.71. The standard InChI is InChI=1S/C20H26O3/c1-13-5-6-18-19(2,3)10-15(21)11-20(18,4)16(13)9-17(22)14-7-8-23-12-14/h7-8,12,16,18H,1,5-6,9-11H2,2-4H3/t16-,18-,20+/m1/s1. The van der Waals surface area contributed by atoms with E-state index in [9.17, 15) is 9.59 Å². The van der Waals surface area contributed by atoms with Crippen LogP contribution in [0.15, 0.2) is 35.2 Å². The summed E-state index contributed by atoms with van der Waals surface area (Å²) in [6, 6.07) is 1.71. The monoisotopic (exact) mass is 314 g/mol. The maximum absolute atomic E-state index is 12.6. The number of carbonyl (C=O) groups is 2. The third-order valence-electron chi connectivity index (χ3n) is 6.25. The average molecular weight is 314 g/mol. The zero-order valence-corrected chi connectivity index (χ0v) is 14.4. The molecule has 3 heteroatoms. The van der Waals surface area contributed by atoms with Gasteiger partial charge in [-0.25, -0.2) is 0 Å². The van der Waals surface area contributed by atoms with Crippen molar-refractivity contribution in [3.63, 3.8) is 0 Å². The minimum Gasteiger partial charge on any atom is -0.472 e. The first-order valence-electron chi connectivity index (χ1n) is 8.49. The molecule has 0 saturated heterocycles. The molecule has 3 nitrogen and oxygen atoms in total. The molecular formula is C20H26O3. The first-order chi connectivity index (χ1) is 10.7. The molecule has 0 aliphatic heterocycles. The fourth-order valence-electron chi connectivity index (χ4n) is 5.30. The van der Waals surface area contributed by atoms with Crippen molar-refractivity contribution in [3.8, 4) is 0 Å². The molecule has 2 fully saturated rings. The maximum atomic E-state index is 12.6. The van der Waals surface area contributed by atoms with E-state index >= 15 is 0 Å². The van der Waals surface area contributed by atoms with Crippen molar-refractivity contribution >= 4 is 11.6 Å². The quantitative estimate of drug-likeness (QED) is 0.593. The van der Waals surface area contributed by atoms with Crippen molar-refractivity contribution in [3.05, 3.63) is 36.3 Å². The Bertz CT molecular complexity index is 638.